The predicted molar refractivity (Wildman–Crippen MR) is 81.5 cm³/mol. The molecule has 0 unspecified atom stereocenters. The summed E-state index contributed by atoms with van der Waals surface area (Å²) in [6.45, 7) is 3.76. The van der Waals surface area contributed by atoms with Gasteiger partial charge in [0.15, 0.2) is 6.61 Å². The van der Waals surface area contributed by atoms with Crippen LogP contribution < -0.4 is 10.1 Å². The van der Waals surface area contributed by atoms with Gasteiger partial charge < -0.3 is 10.1 Å². The van der Waals surface area contributed by atoms with E-state index in [9.17, 15) is 9.18 Å². The van der Waals surface area contributed by atoms with Gasteiger partial charge in [-0.3, -0.25) is 4.79 Å². The lowest BCUT2D eigenvalue weighted by Crippen LogP contribution is -2.20. The maximum Gasteiger partial charge on any atom is 0.262 e. The molecular weight excluding hydrogens is 293 g/mol. The Labute approximate surface area is 127 Å². The summed E-state index contributed by atoms with van der Waals surface area (Å²) < 4.78 is 18.9. The lowest BCUT2D eigenvalue weighted by molar-refractivity contribution is -0.118. The number of amides is 1. The van der Waals surface area contributed by atoms with Crippen molar-refractivity contribution in [3.05, 3.63) is 58.4 Å². The molecule has 0 saturated carbocycles. The van der Waals surface area contributed by atoms with Crippen LogP contribution in [0.15, 0.2) is 36.4 Å². The number of hydrogen-bond donors (Lipinski definition) is 1. The van der Waals surface area contributed by atoms with Crippen LogP contribution in [0.2, 0.25) is 5.02 Å². The zero-order valence-corrected chi connectivity index (χ0v) is 12.5. The summed E-state index contributed by atoms with van der Waals surface area (Å²) in [6.07, 6.45) is 0. The van der Waals surface area contributed by atoms with Crippen molar-refractivity contribution in [1.29, 1.82) is 0 Å². The Bertz CT molecular complexity index is 673. The molecule has 2 aromatic carbocycles. The Hall–Kier alpha value is -2.07. The van der Waals surface area contributed by atoms with Crippen molar-refractivity contribution in [2.45, 2.75) is 13.8 Å². The molecule has 2 rings (SSSR count). The molecule has 0 atom stereocenters. The van der Waals surface area contributed by atoms with Crippen molar-refractivity contribution in [2.75, 3.05) is 11.9 Å². The molecule has 0 fully saturated rings. The summed E-state index contributed by atoms with van der Waals surface area (Å²) in [7, 11) is 0. The fourth-order valence-corrected chi connectivity index (χ4v) is 1.90. The van der Waals surface area contributed by atoms with E-state index in [0.717, 1.165) is 11.1 Å². The molecule has 2 aromatic rings. The van der Waals surface area contributed by atoms with Gasteiger partial charge in [0.05, 0.1) is 5.69 Å². The van der Waals surface area contributed by atoms with Gasteiger partial charge in [-0.15, -0.1) is 0 Å². The van der Waals surface area contributed by atoms with Crippen molar-refractivity contribution in [3.63, 3.8) is 0 Å². The van der Waals surface area contributed by atoms with Crippen LogP contribution in [0.4, 0.5) is 10.1 Å². The molecule has 0 aromatic heterocycles. The first-order chi connectivity index (χ1) is 9.95. The molecular formula is C16H15ClFNO2. The summed E-state index contributed by atoms with van der Waals surface area (Å²) in [5.74, 6) is -0.395. The molecule has 21 heavy (non-hydrogen) atoms. The number of rotatable bonds is 4. The van der Waals surface area contributed by atoms with Gasteiger partial charge in [0.25, 0.3) is 5.91 Å². The molecule has 0 bridgehead atoms. The highest BCUT2D eigenvalue weighted by Crippen LogP contribution is 2.20. The van der Waals surface area contributed by atoms with Gasteiger partial charge >= 0.3 is 0 Å². The summed E-state index contributed by atoms with van der Waals surface area (Å²) in [5, 5.41) is 2.77. The van der Waals surface area contributed by atoms with Crippen LogP contribution in [-0.4, -0.2) is 12.5 Å². The van der Waals surface area contributed by atoms with E-state index >= 15 is 0 Å². The van der Waals surface area contributed by atoms with Gasteiger partial charge in [-0.25, -0.2) is 4.39 Å². The second-order valence-corrected chi connectivity index (χ2v) is 5.14. The third-order valence-electron chi connectivity index (χ3n) is 3.05. The molecule has 0 saturated heterocycles. The minimum absolute atomic E-state index is 0.0381. The minimum atomic E-state index is -0.543. The van der Waals surface area contributed by atoms with Gasteiger partial charge in [-0.05, 0) is 55.3 Å². The van der Waals surface area contributed by atoms with E-state index in [1.807, 2.05) is 26.0 Å². The zero-order valence-electron chi connectivity index (χ0n) is 11.7. The van der Waals surface area contributed by atoms with Gasteiger partial charge in [0.1, 0.15) is 11.6 Å². The standard InChI is InChI=1S/C16H15ClFNO2/c1-10-3-5-13(7-11(10)2)21-9-16(20)19-15-8-12(17)4-6-14(15)18/h3-8H,9H2,1-2H3,(H,19,20). The van der Waals surface area contributed by atoms with Crippen LogP contribution in [0.3, 0.4) is 0 Å². The number of benzene rings is 2. The molecule has 110 valence electrons. The number of carbonyl (C=O) groups excluding carboxylic acids is 1. The largest absolute Gasteiger partial charge is 0.484 e. The van der Waals surface area contributed by atoms with Gasteiger partial charge in [0, 0.05) is 5.02 Å². The second-order valence-electron chi connectivity index (χ2n) is 4.71. The average Bonchev–Trinajstić information content (AvgIpc) is 2.44. The normalized spacial score (nSPS) is 10.3. The third kappa shape index (κ3) is 4.20. The number of aryl methyl sites for hydroxylation is 2. The number of nitrogens with one attached hydrogen (secondary N) is 1. The smallest absolute Gasteiger partial charge is 0.262 e. The summed E-state index contributed by atoms with van der Waals surface area (Å²) in [4.78, 5) is 11.8. The molecule has 3 nitrogen and oxygen atoms in total. The number of halogens is 2. The van der Waals surface area contributed by atoms with Crippen LogP contribution in [0.1, 0.15) is 11.1 Å². The van der Waals surface area contributed by atoms with Crippen molar-refractivity contribution in [2.24, 2.45) is 0 Å². The van der Waals surface area contributed by atoms with E-state index in [1.54, 1.807) is 6.07 Å². The van der Waals surface area contributed by atoms with Crippen LogP contribution in [0.25, 0.3) is 0 Å². The maximum absolute atomic E-state index is 13.5. The molecule has 1 N–H and O–H groups in total. The highest BCUT2D eigenvalue weighted by atomic mass is 35.5. The first-order valence-electron chi connectivity index (χ1n) is 6.40. The Balaban J connectivity index is 1.95. The van der Waals surface area contributed by atoms with Crippen molar-refractivity contribution in [3.8, 4) is 5.75 Å². The Morgan fingerprint density at radius 1 is 1.19 bits per heavy atom. The van der Waals surface area contributed by atoms with Crippen molar-refractivity contribution < 1.29 is 13.9 Å². The van der Waals surface area contributed by atoms with Crippen LogP contribution >= 0.6 is 11.6 Å². The average molecular weight is 308 g/mol. The monoisotopic (exact) mass is 307 g/mol. The van der Waals surface area contributed by atoms with Crippen LogP contribution in [0.5, 0.6) is 5.75 Å². The fourth-order valence-electron chi connectivity index (χ4n) is 1.73. The molecule has 0 spiro atoms. The summed E-state index contributed by atoms with van der Waals surface area (Å²) in [5.41, 5.74) is 2.26. The fraction of sp³-hybridized carbons (Fsp3) is 0.188. The molecule has 0 heterocycles. The summed E-state index contributed by atoms with van der Waals surface area (Å²) in [6, 6.07) is 9.52. The zero-order chi connectivity index (χ0) is 15.4. The van der Waals surface area contributed by atoms with E-state index in [1.165, 1.54) is 18.2 Å². The lowest BCUT2D eigenvalue weighted by Gasteiger charge is -2.09. The minimum Gasteiger partial charge on any atom is -0.484 e. The predicted octanol–water partition coefficient (Wildman–Crippen LogP) is 4.11. The van der Waals surface area contributed by atoms with Gasteiger partial charge in [-0.2, -0.15) is 0 Å². The Morgan fingerprint density at radius 3 is 2.67 bits per heavy atom. The highest BCUT2D eigenvalue weighted by molar-refractivity contribution is 6.30. The molecule has 0 aliphatic carbocycles. The van der Waals surface area contributed by atoms with Crippen molar-refractivity contribution in [1.82, 2.24) is 0 Å². The van der Waals surface area contributed by atoms with Gasteiger partial charge in [-0.1, -0.05) is 17.7 Å². The molecule has 0 radical (unpaired) electrons. The number of ether oxygens (including phenoxy) is 1. The highest BCUT2D eigenvalue weighted by Gasteiger charge is 2.08. The van der Waals surface area contributed by atoms with E-state index in [4.69, 9.17) is 16.3 Å². The Kier molecular flexibility index (Phi) is 4.81. The SMILES string of the molecule is Cc1ccc(OCC(=O)Nc2cc(Cl)ccc2F)cc1C. The van der Waals surface area contributed by atoms with E-state index in [2.05, 4.69) is 5.32 Å². The second kappa shape index (κ2) is 6.59. The van der Waals surface area contributed by atoms with E-state index in [0.29, 0.717) is 10.8 Å². The Morgan fingerprint density at radius 2 is 1.95 bits per heavy atom. The van der Waals surface area contributed by atoms with E-state index < -0.39 is 11.7 Å². The first kappa shape index (κ1) is 15.3. The van der Waals surface area contributed by atoms with Crippen LogP contribution in [0, 0.1) is 19.7 Å². The van der Waals surface area contributed by atoms with E-state index in [-0.39, 0.29) is 12.3 Å². The third-order valence-corrected chi connectivity index (χ3v) is 3.29. The topological polar surface area (TPSA) is 38.3 Å². The number of carbonyl (C=O) groups is 1. The molecule has 1 amide bonds. The van der Waals surface area contributed by atoms with Gasteiger partial charge in [0.2, 0.25) is 0 Å². The lowest BCUT2D eigenvalue weighted by atomic mass is 10.1. The first-order valence-corrected chi connectivity index (χ1v) is 6.78. The number of anilines is 1. The maximum atomic E-state index is 13.5. The van der Waals surface area contributed by atoms with Crippen molar-refractivity contribution >= 4 is 23.2 Å². The number of hydrogen-bond acceptors (Lipinski definition) is 2. The molecule has 0 aliphatic heterocycles. The molecule has 5 heteroatoms. The quantitative estimate of drug-likeness (QED) is 0.923. The molecule has 0 aliphatic rings. The van der Waals surface area contributed by atoms with Crippen LogP contribution in [-0.2, 0) is 4.79 Å². The summed E-state index contributed by atoms with van der Waals surface area (Å²) >= 11 is 5.76.